The first-order chi connectivity index (χ1) is 16.5. The van der Waals surface area contributed by atoms with E-state index in [1.807, 2.05) is 61.5 Å². The molecule has 1 saturated heterocycles. The monoisotopic (exact) mass is 477 g/mol. The molecule has 0 bridgehead atoms. The third kappa shape index (κ3) is 5.34. The van der Waals surface area contributed by atoms with Crippen LogP contribution in [0.1, 0.15) is 34.5 Å². The van der Waals surface area contributed by atoms with Crippen molar-refractivity contribution in [3.05, 3.63) is 100.0 Å². The molecule has 34 heavy (non-hydrogen) atoms. The average Bonchev–Trinajstić information content (AvgIpc) is 3.36. The number of ether oxygens (including phenoxy) is 1. The smallest absolute Gasteiger partial charge is 0.256 e. The first kappa shape index (κ1) is 23.6. The van der Waals surface area contributed by atoms with Gasteiger partial charge in [-0.05, 0) is 36.2 Å². The number of pyridine rings is 1. The van der Waals surface area contributed by atoms with E-state index in [-0.39, 0.29) is 23.4 Å². The van der Waals surface area contributed by atoms with Crippen molar-refractivity contribution < 1.29 is 14.3 Å². The van der Waals surface area contributed by atoms with Crippen molar-refractivity contribution in [1.82, 2.24) is 14.8 Å². The summed E-state index contributed by atoms with van der Waals surface area (Å²) in [6.45, 7) is 2.28. The largest absolute Gasteiger partial charge is 0.497 e. The lowest BCUT2D eigenvalue weighted by atomic mass is 10.1. The molecule has 1 aromatic heterocycles. The van der Waals surface area contributed by atoms with E-state index >= 15 is 0 Å². The van der Waals surface area contributed by atoms with Crippen LogP contribution in [-0.2, 0) is 11.3 Å². The fourth-order valence-corrected chi connectivity index (χ4v) is 5.03. The van der Waals surface area contributed by atoms with Gasteiger partial charge in [0.25, 0.3) is 11.5 Å². The quantitative estimate of drug-likeness (QED) is 0.565. The number of benzene rings is 2. The van der Waals surface area contributed by atoms with Gasteiger partial charge in [-0.25, -0.2) is 0 Å². The molecule has 1 aliphatic heterocycles. The number of rotatable bonds is 7. The number of carbonyl (C=O) groups excluding carboxylic acids is 2. The van der Waals surface area contributed by atoms with E-state index in [4.69, 9.17) is 4.74 Å². The molecule has 0 aliphatic carbocycles. The third-order valence-corrected chi connectivity index (χ3v) is 6.86. The van der Waals surface area contributed by atoms with Gasteiger partial charge < -0.3 is 19.5 Å². The second kappa shape index (κ2) is 10.6. The fourth-order valence-electron chi connectivity index (χ4n) is 3.87. The maximum absolute atomic E-state index is 13.3. The van der Waals surface area contributed by atoms with Crippen LogP contribution in [0.2, 0.25) is 0 Å². The highest BCUT2D eigenvalue weighted by atomic mass is 32.2. The minimum Gasteiger partial charge on any atom is -0.497 e. The van der Waals surface area contributed by atoms with E-state index in [0.29, 0.717) is 23.7 Å². The topological polar surface area (TPSA) is 80.6 Å². The molecule has 0 saturated carbocycles. The summed E-state index contributed by atoms with van der Waals surface area (Å²) < 4.78 is 6.71. The number of nitrogens with zero attached hydrogens (tertiary/aromatic N) is 2. The maximum Gasteiger partial charge on any atom is 0.256 e. The zero-order valence-electron chi connectivity index (χ0n) is 19.1. The van der Waals surface area contributed by atoms with E-state index in [2.05, 4.69) is 5.32 Å². The molecule has 1 fully saturated rings. The van der Waals surface area contributed by atoms with Crippen molar-refractivity contribution in [3.8, 4) is 5.75 Å². The van der Waals surface area contributed by atoms with Gasteiger partial charge in [-0.3, -0.25) is 14.4 Å². The Labute approximate surface area is 202 Å². The Bertz CT molecular complexity index is 1210. The van der Waals surface area contributed by atoms with Crippen LogP contribution in [-0.4, -0.2) is 46.1 Å². The highest BCUT2D eigenvalue weighted by molar-refractivity contribution is 7.99. The summed E-state index contributed by atoms with van der Waals surface area (Å²) in [5, 5.41) is 3.02. The van der Waals surface area contributed by atoms with Gasteiger partial charge in [0.2, 0.25) is 5.91 Å². The Hall–Kier alpha value is -3.52. The molecule has 2 heterocycles. The van der Waals surface area contributed by atoms with E-state index < -0.39 is 6.04 Å². The van der Waals surface area contributed by atoms with Gasteiger partial charge in [0, 0.05) is 18.0 Å². The molecule has 176 valence electrons. The van der Waals surface area contributed by atoms with Gasteiger partial charge in [-0.2, -0.15) is 0 Å². The normalized spacial score (nSPS) is 16.2. The molecule has 2 amide bonds. The molecule has 1 N–H and O–H groups in total. The van der Waals surface area contributed by atoms with Crippen LogP contribution in [0.25, 0.3) is 0 Å². The van der Waals surface area contributed by atoms with Crippen molar-refractivity contribution in [3.63, 3.8) is 0 Å². The highest BCUT2D eigenvalue weighted by Gasteiger charge is 2.35. The van der Waals surface area contributed by atoms with Crippen molar-refractivity contribution in [2.45, 2.75) is 25.6 Å². The minimum atomic E-state index is -0.576. The molecule has 0 unspecified atom stereocenters. The zero-order chi connectivity index (χ0) is 24.1. The summed E-state index contributed by atoms with van der Waals surface area (Å²) in [5.74, 6) is 1.24. The van der Waals surface area contributed by atoms with Gasteiger partial charge in [0.1, 0.15) is 11.8 Å². The number of hydrogen-bond acceptors (Lipinski definition) is 5. The van der Waals surface area contributed by atoms with Gasteiger partial charge >= 0.3 is 0 Å². The summed E-state index contributed by atoms with van der Waals surface area (Å²) in [7, 11) is 1.61. The third-order valence-electron chi connectivity index (χ3n) is 5.85. The Morgan fingerprint density at radius 3 is 2.53 bits per heavy atom. The summed E-state index contributed by atoms with van der Waals surface area (Å²) in [6, 6.07) is 19.3. The Morgan fingerprint density at radius 1 is 1.09 bits per heavy atom. The lowest BCUT2D eigenvalue weighted by molar-refractivity contribution is -0.125. The number of amides is 2. The van der Waals surface area contributed by atoms with Crippen LogP contribution in [0.4, 0.5) is 0 Å². The molecule has 2 atom stereocenters. The van der Waals surface area contributed by atoms with Gasteiger partial charge in [0.05, 0.1) is 31.1 Å². The second-order valence-electron chi connectivity index (χ2n) is 8.16. The van der Waals surface area contributed by atoms with Gasteiger partial charge in [-0.15, -0.1) is 11.8 Å². The van der Waals surface area contributed by atoms with E-state index in [9.17, 15) is 14.4 Å². The average molecular weight is 478 g/mol. The lowest BCUT2D eigenvalue weighted by Gasteiger charge is -2.25. The summed E-state index contributed by atoms with van der Waals surface area (Å²) in [4.78, 5) is 40.3. The van der Waals surface area contributed by atoms with Crippen LogP contribution in [0, 0.1) is 0 Å². The standard InChI is InChI=1S/C26H27N3O4S/c1-18(20-8-11-22(33-2)12-9-20)27-25(31)23-16-34-17-29(23)26(32)21-10-13-24(30)28(15-21)14-19-6-4-3-5-7-19/h3-13,15,18,23H,14,16-17H2,1-2H3,(H,27,31)/t18-,23+/m1/s1. The van der Waals surface area contributed by atoms with Crippen molar-refractivity contribution in [2.75, 3.05) is 18.7 Å². The van der Waals surface area contributed by atoms with Crippen LogP contribution in [0.3, 0.4) is 0 Å². The van der Waals surface area contributed by atoms with Gasteiger partial charge in [0.15, 0.2) is 0 Å². The van der Waals surface area contributed by atoms with Gasteiger partial charge in [-0.1, -0.05) is 42.5 Å². The predicted octanol–water partition coefficient (Wildman–Crippen LogP) is 3.30. The summed E-state index contributed by atoms with van der Waals surface area (Å²) in [6.07, 6.45) is 1.58. The molecular weight excluding hydrogens is 450 g/mol. The summed E-state index contributed by atoms with van der Waals surface area (Å²) >= 11 is 1.54. The van der Waals surface area contributed by atoms with Crippen LogP contribution >= 0.6 is 11.8 Å². The molecule has 1 aliphatic rings. The molecule has 8 heteroatoms. The maximum atomic E-state index is 13.3. The number of methoxy groups -OCH3 is 1. The lowest BCUT2D eigenvalue weighted by Crippen LogP contribution is -2.48. The molecule has 3 aromatic rings. The minimum absolute atomic E-state index is 0.182. The number of carbonyl (C=O) groups is 2. The second-order valence-corrected chi connectivity index (χ2v) is 9.16. The molecule has 0 spiro atoms. The van der Waals surface area contributed by atoms with Crippen LogP contribution in [0.15, 0.2) is 77.7 Å². The molecule has 0 radical (unpaired) electrons. The van der Waals surface area contributed by atoms with Crippen molar-refractivity contribution >= 4 is 23.6 Å². The number of aromatic nitrogens is 1. The fraction of sp³-hybridized carbons (Fsp3) is 0.269. The SMILES string of the molecule is COc1ccc([C@@H](C)NC(=O)[C@@H]2CSCN2C(=O)c2ccc(=O)n(Cc3ccccc3)c2)cc1. The predicted molar refractivity (Wildman–Crippen MR) is 133 cm³/mol. The molecular formula is C26H27N3O4S. The number of nitrogens with one attached hydrogen (secondary N) is 1. The number of thioether (sulfide) groups is 1. The van der Waals surface area contributed by atoms with E-state index in [1.54, 1.807) is 18.2 Å². The number of hydrogen-bond donors (Lipinski definition) is 1. The Kier molecular flexibility index (Phi) is 7.37. The first-order valence-electron chi connectivity index (χ1n) is 11.0. The Balaban J connectivity index is 1.47. The molecule has 7 nitrogen and oxygen atoms in total. The van der Waals surface area contributed by atoms with Crippen LogP contribution in [0.5, 0.6) is 5.75 Å². The zero-order valence-corrected chi connectivity index (χ0v) is 20.0. The van der Waals surface area contributed by atoms with Crippen LogP contribution < -0.4 is 15.6 Å². The van der Waals surface area contributed by atoms with Crippen molar-refractivity contribution in [1.29, 1.82) is 0 Å². The first-order valence-corrected chi connectivity index (χ1v) is 12.2. The summed E-state index contributed by atoms with van der Waals surface area (Å²) in [5.41, 5.74) is 2.12. The molecule has 4 rings (SSSR count). The van der Waals surface area contributed by atoms with E-state index in [0.717, 1.165) is 16.9 Å². The molecule has 2 aromatic carbocycles. The Morgan fingerprint density at radius 2 is 1.82 bits per heavy atom. The van der Waals surface area contributed by atoms with Crippen molar-refractivity contribution in [2.24, 2.45) is 0 Å². The van der Waals surface area contributed by atoms with E-state index in [1.165, 1.54) is 28.5 Å². The highest BCUT2D eigenvalue weighted by Crippen LogP contribution is 2.25.